The average Bonchev–Trinajstić information content (AvgIpc) is 2.65. The highest BCUT2D eigenvalue weighted by molar-refractivity contribution is 6.30. The van der Waals surface area contributed by atoms with Gasteiger partial charge in [0.05, 0.1) is 0 Å². The van der Waals surface area contributed by atoms with Gasteiger partial charge in [0.25, 0.3) is 5.91 Å². The first kappa shape index (κ1) is 17.9. The molecule has 132 valence electrons. The summed E-state index contributed by atoms with van der Waals surface area (Å²) >= 11 is 5.83. The van der Waals surface area contributed by atoms with Gasteiger partial charge in [-0.1, -0.05) is 23.7 Å². The number of aromatic nitrogens is 1. The molecule has 0 fully saturated rings. The van der Waals surface area contributed by atoms with Crippen molar-refractivity contribution in [1.82, 2.24) is 4.98 Å². The number of hydrogen-bond acceptors (Lipinski definition) is 3. The van der Waals surface area contributed by atoms with Gasteiger partial charge in [0.15, 0.2) is 0 Å². The molecule has 1 heterocycles. The number of anilines is 2. The number of rotatable bonds is 6. The lowest BCUT2D eigenvalue weighted by atomic mass is 10.1. The van der Waals surface area contributed by atoms with E-state index in [0.29, 0.717) is 22.9 Å². The molecule has 1 aromatic heterocycles. The van der Waals surface area contributed by atoms with Crippen LogP contribution in [0.4, 0.5) is 15.8 Å². The van der Waals surface area contributed by atoms with Crippen LogP contribution in [0.15, 0.2) is 66.9 Å². The van der Waals surface area contributed by atoms with Crippen LogP contribution < -0.4 is 10.6 Å². The maximum absolute atomic E-state index is 12.9. The fraction of sp³-hybridized carbons (Fsp3) is 0.100. The van der Waals surface area contributed by atoms with Gasteiger partial charge in [-0.25, -0.2) is 4.39 Å². The molecule has 3 aromatic rings. The zero-order chi connectivity index (χ0) is 18.4. The first-order valence-corrected chi connectivity index (χ1v) is 8.49. The van der Waals surface area contributed by atoms with Crippen LogP contribution in [0.1, 0.15) is 16.1 Å². The van der Waals surface area contributed by atoms with E-state index in [1.165, 1.54) is 12.1 Å². The predicted octanol–water partition coefficient (Wildman–Crippen LogP) is 4.78. The van der Waals surface area contributed by atoms with E-state index in [0.717, 1.165) is 17.7 Å². The van der Waals surface area contributed by atoms with Crippen LogP contribution in [0.3, 0.4) is 0 Å². The van der Waals surface area contributed by atoms with Gasteiger partial charge in [0.1, 0.15) is 11.5 Å². The Morgan fingerprint density at radius 1 is 1.00 bits per heavy atom. The van der Waals surface area contributed by atoms with E-state index >= 15 is 0 Å². The molecule has 2 aromatic carbocycles. The minimum absolute atomic E-state index is 0.243. The summed E-state index contributed by atoms with van der Waals surface area (Å²) in [5.41, 5.74) is 2.79. The molecule has 0 saturated heterocycles. The molecule has 6 heteroatoms. The number of carbonyl (C=O) groups is 1. The predicted molar refractivity (Wildman–Crippen MR) is 102 cm³/mol. The fourth-order valence-electron chi connectivity index (χ4n) is 2.40. The molecule has 4 nitrogen and oxygen atoms in total. The van der Waals surface area contributed by atoms with Crippen molar-refractivity contribution >= 4 is 28.9 Å². The number of amides is 1. The third-order valence-corrected chi connectivity index (χ3v) is 4.00. The number of pyridine rings is 1. The highest BCUT2D eigenvalue weighted by Crippen LogP contribution is 2.15. The molecule has 0 spiro atoms. The number of benzene rings is 2. The molecule has 0 aliphatic carbocycles. The standard InChI is InChI=1S/C20H17ClFN3O/c21-15-3-7-17(8-4-15)25-20(26)19-13-18(10-12-24-19)23-11-9-14-1-5-16(22)6-2-14/h1-8,10,12-13H,9,11H2,(H,23,24)(H,25,26). The van der Waals surface area contributed by atoms with Crippen LogP contribution in [0.2, 0.25) is 5.02 Å². The zero-order valence-corrected chi connectivity index (χ0v) is 14.6. The van der Waals surface area contributed by atoms with E-state index in [4.69, 9.17) is 11.6 Å². The molecule has 0 bridgehead atoms. The summed E-state index contributed by atoms with van der Waals surface area (Å²) in [6, 6.07) is 16.8. The van der Waals surface area contributed by atoms with Gasteiger partial charge in [-0.15, -0.1) is 0 Å². The molecule has 0 radical (unpaired) electrons. The molecule has 2 N–H and O–H groups in total. The van der Waals surface area contributed by atoms with Crippen LogP contribution in [0.25, 0.3) is 0 Å². The van der Waals surface area contributed by atoms with E-state index < -0.39 is 0 Å². The highest BCUT2D eigenvalue weighted by atomic mass is 35.5. The SMILES string of the molecule is O=C(Nc1ccc(Cl)cc1)c1cc(NCCc2ccc(F)cc2)ccn1. The van der Waals surface area contributed by atoms with Crippen molar-refractivity contribution in [3.63, 3.8) is 0 Å². The monoisotopic (exact) mass is 369 g/mol. The largest absolute Gasteiger partial charge is 0.385 e. The highest BCUT2D eigenvalue weighted by Gasteiger charge is 2.08. The van der Waals surface area contributed by atoms with Gasteiger partial charge < -0.3 is 10.6 Å². The Morgan fingerprint density at radius 2 is 1.73 bits per heavy atom. The lowest BCUT2D eigenvalue weighted by molar-refractivity contribution is 0.102. The van der Waals surface area contributed by atoms with Gasteiger partial charge in [0.2, 0.25) is 0 Å². The van der Waals surface area contributed by atoms with Gasteiger partial charge >= 0.3 is 0 Å². The molecular formula is C20H17ClFN3O. The van der Waals surface area contributed by atoms with Crippen molar-refractivity contribution in [2.75, 3.05) is 17.2 Å². The zero-order valence-electron chi connectivity index (χ0n) is 13.9. The molecule has 26 heavy (non-hydrogen) atoms. The number of nitrogens with one attached hydrogen (secondary N) is 2. The topological polar surface area (TPSA) is 54.0 Å². The maximum atomic E-state index is 12.9. The summed E-state index contributed by atoms with van der Waals surface area (Å²) in [5.74, 6) is -0.540. The summed E-state index contributed by atoms with van der Waals surface area (Å²) in [5, 5.41) is 6.62. The molecule has 1 amide bonds. The normalized spacial score (nSPS) is 10.4. The summed E-state index contributed by atoms with van der Waals surface area (Å²) < 4.78 is 12.9. The van der Waals surface area contributed by atoms with E-state index in [1.54, 1.807) is 54.7 Å². The minimum atomic E-state index is -0.297. The van der Waals surface area contributed by atoms with Crippen LogP contribution in [0, 0.1) is 5.82 Å². The van der Waals surface area contributed by atoms with Crippen molar-refractivity contribution < 1.29 is 9.18 Å². The quantitative estimate of drug-likeness (QED) is 0.657. The van der Waals surface area contributed by atoms with Gasteiger partial charge in [0, 0.05) is 29.1 Å². The van der Waals surface area contributed by atoms with Crippen LogP contribution in [-0.2, 0) is 6.42 Å². The van der Waals surface area contributed by atoms with E-state index in [-0.39, 0.29) is 11.7 Å². The number of nitrogens with zero attached hydrogens (tertiary/aromatic N) is 1. The third kappa shape index (κ3) is 5.04. The third-order valence-electron chi connectivity index (χ3n) is 3.75. The first-order valence-electron chi connectivity index (χ1n) is 8.11. The number of carbonyl (C=O) groups excluding carboxylic acids is 1. The molecule has 0 saturated carbocycles. The number of halogens is 2. The molecule has 3 rings (SSSR count). The Bertz CT molecular complexity index is 882. The van der Waals surface area contributed by atoms with Crippen LogP contribution >= 0.6 is 11.6 Å². The Balaban J connectivity index is 1.57. The van der Waals surface area contributed by atoms with Crippen LogP contribution in [-0.4, -0.2) is 17.4 Å². The van der Waals surface area contributed by atoms with Gasteiger partial charge in [-0.2, -0.15) is 0 Å². The van der Waals surface area contributed by atoms with E-state index in [9.17, 15) is 9.18 Å². The smallest absolute Gasteiger partial charge is 0.274 e. The van der Waals surface area contributed by atoms with Gasteiger partial charge in [-0.05, 0) is 60.5 Å². The Morgan fingerprint density at radius 3 is 2.46 bits per heavy atom. The molecule has 0 unspecified atom stereocenters. The van der Waals surface area contributed by atoms with Crippen molar-refractivity contribution in [3.05, 3.63) is 89.0 Å². The van der Waals surface area contributed by atoms with E-state index in [2.05, 4.69) is 15.6 Å². The van der Waals surface area contributed by atoms with Crippen molar-refractivity contribution in [3.8, 4) is 0 Å². The summed E-state index contributed by atoms with van der Waals surface area (Å²) in [6.07, 6.45) is 2.33. The molecule has 0 aliphatic heterocycles. The summed E-state index contributed by atoms with van der Waals surface area (Å²) in [4.78, 5) is 16.4. The second-order valence-electron chi connectivity index (χ2n) is 5.69. The van der Waals surface area contributed by atoms with Gasteiger partial charge in [-0.3, -0.25) is 9.78 Å². The summed E-state index contributed by atoms with van der Waals surface area (Å²) in [7, 11) is 0. The van der Waals surface area contributed by atoms with Crippen LogP contribution in [0.5, 0.6) is 0 Å². The minimum Gasteiger partial charge on any atom is -0.385 e. The Hall–Kier alpha value is -2.92. The molecule has 0 atom stereocenters. The summed E-state index contributed by atoms with van der Waals surface area (Å²) in [6.45, 7) is 0.661. The Kier molecular flexibility index (Phi) is 5.81. The second-order valence-corrected chi connectivity index (χ2v) is 6.13. The first-order chi connectivity index (χ1) is 12.6. The number of hydrogen-bond donors (Lipinski definition) is 2. The molecular weight excluding hydrogens is 353 g/mol. The fourth-order valence-corrected chi connectivity index (χ4v) is 2.52. The van der Waals surface area contributed by atoms with Crippen molar-refractivity contribution in [2.24, 2.45) is 0 Å². The van der Waals surface area contributed by atoms with Crippen molar-refractivity contribution in [1.29, 1.82) is 0 Å². The maximum Gasteiger partial charge on any atom is 0.274 e. The lowest BCUT2D eigenvalue weighted by Crippen LogP contribution is -2.14. The second kappa shape index (κ2) is 8.45. The average molecular weight is 370 g/mol. The Labute approximate surface area is 156 Å². The molecule has 0 aliphatic rings. The lowest BCUT2D eigenvalue weighted by Gasteiger charge is -2.09. The van der Waals surface area contributed by atoms with Crippen molar-refractivity contribution in [2.45, 2.75) is 6.42 Å². The van der Waals surface area contributed by atoms with E-state index in [1.807, 2.05) is 0 Å².